The zero-order valence-electron chi connectivity index (χ0n) is 29.9. The molecule has 3 heterocycles. The normalized spacial score (nSPS) is 12.5. The molecule has 258 valence electrons. The molecule has 0 unspecified atom stereocenters. The van der Waals surface area contributed by atoms with Gasteiger partial charge in [-0.05, 0) is 68.8 Å². The van der Waals surface area contributed by atoms with Crippen molar-refractivity contribution in [2.24, 2.45) is 0 Å². The van der Waals surface area contributed by atoms with Gasteiger partial charge < -0.3 is 0 Å². The Balaban J connectivity index is 1.19. The molecule has 0 radical (unpaired) electrons. The van der Waals surface area contributed by atoms with Gasteiger partial charge in [0, 0.05) is 40.8 Å². The van der Waals surface area contributed by atoms with Crippen LogP contribution in [0.25, 0.3) is 67.4 Å². The molecule has 9 aromatic rings. The molecule has 55 heavy (non-hydrogen) atoms. The van der Waals surface area contributed by atoms with Crippen molar-refractivity contribution in [2.45, 2.75) is 5.41 Å². The summed E-state index contributed by atoms with van der Waals surface area (Å²) in [5.41, 5.74) is 15.5. The van der Waals surface area contributed by atoms with E-state index in [0.29, 0.717) is 5.82 Å². The van der Waals surface area contributed by atoms with Crippen molar-refractivity contribution >= 4 is 0 Å². The second kappa shape index (κ2) is 13.6. The van der Waals surface area contributed by atoms with Crippen LogP contribution in [0.4, 0.5) is 0 Å². The summed E-state index contributed by atoms with van der Waals surface area (Å²) in [5.74, 6) is 0.662. The second-order valence-electron chi connectivity index (χ2n) is 13.8. The summed E-state index contributed by atoms with van der Waals surface area (Å²) in [7, 11) is 0. The van der Waals surface area contributed by atoms with Crippen molar-refractivity contribution in [3.05, 3.63) is 229 Å². The number of hydrogen-bond acceptors (Lipinski definition) is 4. The summed E-state index contributed by atoms with van der Waals surface area (Å²) < 4.78 is 0. The minimum atomic E-state index is -0.510. The highest BCUT2D eigenvalue weighted by atomic mass is 14.9. The molecule has 3 aromatic heterocycles. The molecule has 0 saturated heterocycles. The Morgan fingerprint density at radius 2 is 0.964 bits per heavy atom. The van der Waals surface area contributed by atoms with Gasteiger partial charge >= 0.3 is 0 Å². The molecule has 0 aliphatic heterocycles. The summed E-state index contributed by atoms with van der Waals surface area (Å²) in [6.45, 7) is 0. The number of nitrogens with zero attached hydrogens (tertiary/aromatic N) is 4. The number of benzene rings is 6. The van der Waals surface area contributed by atoms with E-state index in [0.717, 1.165) is 50.5 Å². The van der Waals surface area contributed by atoms with Gasteiger partial charge in [0.15, 0.2) is 5.82 Å². The van der Waals surface area contributed by atoms with E-state index in [1.54, 1.807) is 6.20 Å². The number of hydrogen-bond donors (Lipinski definition) is 0. The van der Waals surface area contributed by atoms with Gasteiger partial charge in [-0.3, -0.25) is 9.97 Å². The van der Waals surface area contributed by atoms with Gasteiger partial charge in [-0.15, -0.1) is 0 Å². The number of aromatic nitrogens is 4. The molecule has 0 bridgehead atoms. The molecule has 0 atom stereocenters. The third-order valence-electron chi connectivity index (χ3n) is 10.8. The third kappa shape index (κ3) is 5.46. The minimum Gasteiger partial charge on any atom is -0.264 e. The number of fused-ring (bicyclic) bond motifs is 3. The summed E-state index contributed by atoms with van der Waals surface area (Å²) >= 11 is 0. The molecule has 10 rings (SSSR count). The van der Waals surface area contributed by atoms with E-state index in [9.17, 15) is 0 Å². The number of rotatable bonds is 7. The van der Waals surface area contributed by atoms with Crippen molar-refractivity contribution < 1.29 is 0 Å². The van der Waals surface area contributed by atoms with Crippen LogP contribution in [0.5, 0.6) is 0 Å². The average Bonchev–Trinajstić information content (AvgIpc) is 3.59. The van der Waals surface area contributed by atoms with E-state index in [1.807, 2.05) is 42.7 Å². The minimum absolute atomic E-state index is 0.510. The molecule has 0 N–H and O–H groups in total. The van der Waals surface area contributed by atoms with Crippen LogP contribution in [-0.2, 0) is 5.41 Å². The largest absolute Gasteiger partial charge is 0.264 e. The summed E-state index contributed by atoms with van der Waals surface area (Å²) in [4.78, 5) is 19.9. The first-order valence-corrected chi connectivity index (χ1v) is 18.5. The first-order chi connectivity index (χ1) is 27.3. The molecule has 0 amide bonds. The van der Waals surface area contributed by atoms with Crippen LogP contribution < -0.4 is 0 Å². The van der Waals surface area contributed by atoms with Crippen molar-refractivity contribution in [1.29, 1.82) is 0 Å². The lowest BCUT2D eigenvalue weighted by molar-refractivity contribution is 0.768. The van der Waals surface area contributed by atoms with E-state index in [-0.39, 0.29) is 0 Å². The van der Waals surface area contributed by atoms with Crippen LogP contribution in [0.2, 0.25) is 0 Å². The van der Waals surface area contributed by atoms with Gasteiger partial charge in [-0.25, -0.2) is 9.97 Å². The first-order valence-electron chi connectivity index (χ1n) is 18.5. The van der Waals surface area contributed by atoms with Gasteiger partial charge in [0.1, 0.15) is 0 Å². The van der Waals surface area contributed by atoms with E-state index in [1.165, 1.54) is 33.4 Å². The van der Waals surface area contributed by atoms with E-state index in [4.69, 9.17) is 15.0 Å². The van der Waals surface area contributed by atoms with Crippen LogP contribution in [-0.4, -0.2) is 19.9 Å². The molecule has 0 saturated carbocycles. The van der Waals surface area contributed by atoms with Crippen LogP contribution >= 0.6 is 0 Å². The Kier molecular flexibility index (Phi) is 8.00. The molecular formula is C51H34N4. The average molecular weight is 703 g/mol. The summed E-state index contributed by atoms with van der Waals surface area (Å²) in [6, 6.07) is 66.3. The van der Waals surface area contributed by atoms with E-state index < -0.39 is 5.41 Å². The van der Waals surface area contributed by atoms with Crippen LogP contribution in [0, 0.1) is 0 Å². The Morgan fingerprint density at radius 1 is 0.382 bits per heavy atom. The summed E-state index contributed by atoms with van der Waals surface area (Å²) in [5, 5.41) is 0. The molecular weight excluding hydrogens is 669 g/mol. The van der Waals surface area contributed by atoms with E-state index in [2.05, 4.69) is 163 Å². The summed E-state index contributed by atoms with van der Waals surface area (Å²) in [6.07, 6.45) is 5.57. The fourth-order valence-corrected chi connectivity index (χ4v) is 8.33. The van der Waals surface area contributed by atoms with Crippen molar-refractivity contribution in [2.75, 3.05) is 0 Å². The Morgan fingerprint density at radius 3 is 1.69 bits per heavy atom. The second-order valence-corrected chi connectivity index (χ2v) is 13.8. The number of pyridine rings is 2. The van der Waals surface area contributed by atoms with Crippen molar-refractivity contribution in [1.82, 2.24) is 19.9 Å². The topological polar surface area (TPSA) is 51.6 Å². The monoisotopic (exact) mass is 702 g/mol. The lowest BCUT2D eigenvalue weighted by Crippen LogP contribution is -2.28. The van der Waals surface area contributed by atoms with Gasteiger partial charge in [0.2, 0.25) is 0 Å². The van der Waals surface area contributed by atoms with Gasteiger partial charge in [-0.1, -0.05) is 164 Å². The van der Waals surface area contributed by atoms with Crippen LogP contribution in [0.15, 0.2) is 207 Å². The van der Waals surface area contributed by atoms with Crippen LogP contribution in [0.3, 0.4) is 0 Å². The maximum absolute atomic E-state index is 5.25. The molecule has 1 aliphatic carbocycles. The molecule has 0 spiro atoms. The molecule has 4 nitrogen and oxygen atoms in total. The van der Waals surface area contributed by atoms with Crippen molar-refractivity contribution in [3.63, 3.8) is 0 Å². The molecule has 6 aromatic carbocycles. The first kappa shape index (κ1) is 32.4. The van der Waals surface area contributed by atoms with Gasteiger partial charge in [0.25, 0.3) is 0 Å². The maximum Gasteiger partial charge on any atom is 0.160 e. The van der Waals surface area contributed by atoms with Crippen molar-refractivity contribution in [3.8, 4) is 67.4 Å². The maximum atomic E-state index is 5.25. The highest BCUT2D eigenvalue weighted by Gasteiger charge is 2.46. The molecule has 4 heteroatoms. The van der Waals surface area contributed by atoms with Gasteiger partial charge in [-0.2, -0.15) is 0 Å². The van der Waals surface area contributed by atoms with Crippen LogP contribution in [0.1, 0.15) is 22.3 Å². The zero-order chi connectivity index (χ0) is 36.6. The lowest BCUT2D eigenvalue weighted by Gasteiger charge is -2.34. The fraction of sp³-hybridized carbons (Fsp3) is 0.0196. The fourth-order valence-electron chi connectivity index (χ4n) is 8.33. The highest BCUT2D eigenvalue weighted by Crippen LogP contribution is 2.58. The van der Waals surface area contributed by atoms with E-state index >= 15 is 0 Å². The highest BCUT2D eigenvalue weighted by molar-refractivity contribution is 5.97. The third-order valence-corrected chi connectivity index (χ3v) is 10.8. The Hall–Kier alpha value is -7.30. The SMILES string of the molecule is c1ccc(-c2nc(-c3ccc(-c4cccnc4)cc3)cc(-c3cccnc3-c3cccc4c3-c3ccccc3C4(c3ccccc3)c3ccccc3)n2)cc1. The quantitative estimate of drug-likeness (QED) is 0.166. The lowest BCUT2D eigenvalue weighted by atomic mass is 9.67. The molecule has 0 fully saturated rings. The molecule has 1 aliphatic rings. The standard InChI is InChI=1S/C51H34N4/c1-4-15-37(16-5-1)50-54-46(36-29-27-35(28-30-36)38-17-13-31-52-34-38)33-47(55-50)42-24-14-32-53-49(42)43-23-12-26-45-48(43)41-22-10-11-25-44(41)51(45,39-18-6-2-7-19-39)40-20-8-3-9-21-40/h1-34H. The zero-order valence-corrected chi connectivity index (χ0v) is 29.9. The predicted octanol–water partition coefficient (Wildman–Crippen LogP) is 12.0. The van der Waals surface area contributed by atoms with Gasteiger partial charge in [0.05, 0.1) is 22.5 Å². The Bertz CT molecular complexity index is 2740. The Labute approximate surface area is 320 Å². The predicted molar refractivity (Wildman–Crippen MR) is 222 cm³/mol. The smallest absolute Gasteiger partial charge is 0.160 e.